The molecule has 3 rings (SSSR count). The van der Waals surface area contributed by atoms with Gasteiger partial charge in [-0.3, -0.25) is 19.8 Å². The lowest BCUT2D eigenvalue weighted by Gasteiger charge is -2.25. The quantitative estimate of drug-likeness (QED) is 0.384. The van der Waals surface area contributed by atoms with Crippen LogP contribution in [-0.4, -0.2) is 49.0 Å². The van der Waals surface area contributed by atoms with Gasteiger partial charge in [0.2, 0.25) is 0 Å². The number of hydrogen-bond acceptors (Lipinski definition) is 8. The van der Waals surface area contributed by atoms with Gasteiger partial charge in [-0.25, -0.2) is 9.59 Å². The Morgan fingerprint density at radius 3 is 2.68 bits per heavy atom. The van der Waals surface area contributed by atoms with E-state index in [2.05, 4.69) is 5.32 Å². The number of nitrogens with zero attached hydrogens (tertiary/aromatic N) is 1. The molecule has 1 aliphatic heterocycles. The lowest BCUT2D eigenvalue weighted by Crippen LogP contribution is -2.53. The molecule has 31 heavy (non-hydrogen) atoms. The Labute approximate surface area is 177 Å². The summed E-state index contributed by atoms with van der Waals surface area (Å²) >= 11 is 0. The van der Waals surface area contributed by atoms with E-state index in [4.69, 9.17) is 18.6 Å². The predicted molar refractivity (Wildman–Crippen MR) is 106 cm³/mol. The second kappa shape index (κ2) is 9.61. The number of amides is 4. The molecule has 4 amide bonds. The molecule has 0 radical (unpaired) electrons. The number of methoxy groups -OCH3 is 1. The number of benzene rings is 1. The minimum atomic E-state index is -0.830. The molecule has 1 N–H and O–H groups in total. The molecule has 10 nitrogen and oxygen atoms in total. The minimum Gasteiger partial charge on any atom is -0.493 e. The molecule has 0 aliphatic carbocycles. The molecular formula is C21H20N2O8. The zero-order valence-corrected chi connectivity index (χ0v) is 16.9. The van der Waals surface area contributed by atoms with Crippen molar-refractivity contribution in [1.82, 2.24) is 10.2 Å². The lowest BCUT2D eigenvalue weighted by molar-refractivity contribution is -0.145. The van der Waals surface area contributed by atoms with Crippen molar-refractivity contribution in [2.24, 2.45) is 0 Å². The van der Waals surface area contributed by atoms with Crippen molar-refractivity contribution in [2.75, 3.05) is 20.3 Å². The monoisotopic (exact) mass is 428 g/mol. The first-order chi connectivity index (χ1) is 14.9. The maximum absolute atomic E-state index is 12.8. The molecule has 1 saturated heterocycles. The van der Waals surface area contributed by atoms with E-state index in [-0.39, 0.29) is 36.8 Å². The van der Waals surface area contributed by atoms with Crippen LogP contribution < -0.4 is 14.8 Å². The highest BCUT2D eigenvalue weighted by Gasteiger charge is 2.36. The van der Waals surface area contributed by atoms with E-state index in [0.29, 0.717) is 11.3 Å². The molecule has 2 heterocycles. The maximum Gasteiger partial charge on any atom is 0.344 e. The highest BCUT2D eigenvalue weighted by Crippen LogP contribution is 2.29. The molecule has 1 aromatic carbocycles. The van der Waals surface area contributed by atoms with Gasteiger partial charge in [-0.1, -0.05) is 6.07 Å². The van der Waals surface area contributed by atoms with Gasteiger partial charge >= 0.3 is 12.0 Å². The molecule has 0 saturated carbocycles. The number of esters is 1. The molecule has 162 valence electrons. The molecule has 0 spiro atoms. The van der Waals surface area contributed by atoms with Crippen molar-refractivity contribution < 1.29 is 37.8 Å². The van der Waals surface area contributed by atoms with Crippen LogP contribution in [0.3, 0.4) is 0 Å². The van der Waals surface area contributed by atoms with E-state index in [0.717, 1.165) is 4.90 Å². The zero-order chi connectivity index (χ0) is 22.4. The number of urea groups is 1. The number of nitrogens with one attached hydrogen (secondary N) is 1. The summed E-state index contributed by atoms with van der Waals surface area (Å²) < 4.78 is 20.6. The predicted octanol–water partition coefficient (Wildman–Crippen LogP) is 1.89. The zero-order valence-electron chi connectivity index (χ0n) is 16.9. The summed E-state index contributed by atoms with van der Waals surface area (Å²) in [5.41, 5.74) is 0.222. The first-order valence-electron chi connectivity index (χ1n) is 9.30. The Bertz CT molecular complexity index is 1030. The van der Waals surface area contributed by atoms with E-state index in [1.807, 2.05) is 0 Å². The minimum absolute atomic E-state index is 0.119. The van der Waals surface area contributed by atoms with Crippen LogP contribution in [0.1, 0.15) is 18.2 Å². The van der Waals surface area contributed by atoms with Crippen LogP contribution >= 0.6 is 0 Å². The third-order valence-electron chi connectivity index (χ3n) is 4.23. The maximum atomic E-state index is 12.8. The molecule has 2 aromatic rings. The summed E-state index contributed by atoms with van der Waals surface area (Å²) in [6, 6.07) is 7.04. The molecule has 1 fully saturated rings. The summed E-state index contributed by atoms with van der Waals surface area (Å²) in [5, 5.41) is 2.14. The van der Waals surface area contributed by atoms with Crippen molar-refractivity contribution in [2.45, 2.75) is 13.5 Å². The summed E-state index contributed by atoms with van der Waals surface area (Å²) in [5.74, 6) is -1.14. The van der Waals surface area contributed by atoms with Crippen LogP contribution in [0.4, 0.5) is 4.79 Å². The van der Waals surface area contributed by atoms with E-state index in [1.165, 1.54) is 31.6 Å². The first-order valence-corrected chi connectivity index (χ1v) is 9.30. The van der Waals surface area contributed by atoms with Gasteiger partial charge in [-0.15, -0.1) is 0 Å². The Hall–Kier alpha value is -4.08. The van der Waals surface area contributed by atoms with Gasteiger partial charge in [0.25, 0.3) is 11.8 Å². The molecule has 0 atom stereocenters. The Morgan fingerprint density at radius 2 is 2.00 bits per heavy atom. The number of carbonyl (C=O) groups is 4. The van der Waals surface area contributed by atoms with Crippen LogP contribution in [0.5, 0.6) is 11.5 Å². The van der Waals surface area contributed by atoms with Gasteiger partial charge in [0.15, 0.2) is 18.1 Å². The van der Waals surface area contributed by atoms with Crippen molar-refractivity contribution in [3.8, 4) is 11.5 Å². The van der Waals surface area contributed by atoms with Crippen LogP contribution in [0, 0.1) is 0 Å². The van der Waals surface area contributed by atoms with Gasteiger partial charge in [0.1, 0.15) is 11.3 Å². The number of barbiturate groups is 1. The van der Waals surface area contributed by atoms with Gasteiger partial charge < -0.3 is 18.6 Å². The topological polar surface area (TPSA) is 124 Å². The average molecular weight is 428 g/mol. The Balaban J connectivity index is 1.81. The number of carbonyl (C=O) groups excluding carboxylic acids is 4. The molecule has 1 aliphatic rings. The third-order valence-corrected chi connectivity index (χ3v) is 4.23. The molecule has 1 aromatic heterocycles. The van der Waals surface area contributed by atoms with Crippen molar-refractivity contribution in [3.63, 3.8) is 0 Å². The fraction of sp³-hybridized carbons (Fsp3) is 0.238. The van der Waals surface area contributed by atoms with Crippen molar-refractivity contribution in [3.05, 3.63) is 53.5 Å². The van der Waals surface area contributed by atoms with E-state index in [9.17, 15) is 19.2 Å². The summed E-state index contributed by atoms with van der Waals surface area (Å²) in [6.45, 7) is 1.51. The fourth-order valence-corrected chi connectivity index (χ4v) is 2.80. The number of rotatable bonds is 8. The number of furan rings is 1. The fourth-order valence-electron chi connectivity index (χ4n) is 2.80. The summed E-state index contributed by atoms with van der Waals surface area (Å²) in [6.07, 6.45) is 2.75. The molecule has 10 heteroatoms. The second-order valence-electron chi connectivity index (χ2n) is 6.29. The van der Waals surface area contributed by atoms with Crippen molar-refractivity contribution in [1.29, 1.82) is 0 Å². The summed E-state index contributed by atoms with van der Waals surface area (Å²) in [7, 11) is 1.41. The van der Waals surface area contributed by atoms with Crippen LogP contribution in [0.25, 0.3) is 6.08 Å². The molecule has 0 unspecified atom stereocenters. The Kier molecular flexibility index (Phi) is 6.71. The molecular weight excluding hydrogens is 408 g/mol. The first kappa shape index (κ1) is 21.6. The van der Waals surface area contributed by atoms with Crippen LogP contribution in [0.15, 0.2) is 46.6 Å². The van der Waals surface area contributed by atoms with Gasteiger partial charge in [-0.2, -0.15) is 0 Å². The average Bonchev–Trinajstić information content (AvgIpc) is 3.26. The van der Waals surface area contributed by atoms with Crippen LogP contribution in [-0.2, 0) is 25.7 Å². The van der Waals surface area contributed by atoms with Crippen molar-refractivity contribution >= 4 is 29.9 Å². The van der Waals surface area contributed by atoms with E-state index >= 15 is 0 Å². The van der Waals surface area contributed by atoms with Gasteiger partial charge in [0.05, 0.1) is 26.5 Å². The van der Waals surface area contributed by atoms with E-state index < -0.39 is 23.8 Å². The Morgan fingerprint density at radius 1 is 1.19 bits per heavy atom. The second-order valence-corrected chi connectivity index (χ2v) is 6.29. The summed E-state index contributed by atoms with van der Waals surface area (Å²) in [4.78, 5) is 49.4. The third kappa shape index (κ3) is 5.10. The highest BCUT2D eigenvalue weighted by atomic mass is 16.6. The van der Waals surface area contributed by atoms with E-state index in [1.54, 1.807) is 25.1 Å². The van der Waals surface area contributed by atoms with Gasteiger partial charge in [-0.05, 0) is 42.8 Å². The number of hydrogen-bond donors (Lipinski definition) is 1. The SMILES string of the molecule is CCOC(=O)COc1ccc(/C=C2\C(=O)NC(=O)N(Cc3ccco3)C2=O)cc1OC. The number of ether oxygens (including phenoxy) is 3. The van der Waals surface area contributed by atoms with Crippen LogP contribution in [0.2, 0.25) is 0 Å². The smallest absolute Gasteiger partial charge is 0.344 e. The highest BCUT2D eigenvalue weighted by molar-refractivity contribution is 6.30. The number of imide groups is 2. The largest absolute Gasteiger partial charge is 0.493 e. The normalized spacial score (nSPS) is 15.1. The molecule has 0 bridgehead atoms. The standard InChI is InChI=1S/C21H20N2O8/c1-3-29-18(24)12-31-16-7-6-13(10-17(16)28-2)9-15-19(25)22-21(27)23(20(15)26)11-14-5-4-8-30-14/h4-10H,3,11-12H2,1-2H3,(H,22,25,27)/b15-9+. The van der Waals surface area contributed by atoms with Gasteiger partial charge in [0, 0.05) is 0 Å². The lowest BCUT2D eigenvalue weighted by atomic mass is 10.1.